The van der Waals surface area contributed by atoms with Crippen molar-refractivity contribution in [2.45, 2.75) is 32.2 Å². The Morgan fingerprint density at radius 2 is 1.92 bits per heavy atom. The summed E-state index contributed by atoms with van der Waals surface area (Å²) in [5.41, 5.74) is 5.57. The van der Waals surface area contributed by atoms with Crippen LogP contribution in [-0.2, 0) is 16.1 Å². The molecule has 138 valence electrons. The van der Waals surface area contributed by atoms with Crippen molar-refractivity contribution in [1.82, 2.24) is 14.7 Å². The van der Waals surface area contributed by atoms with Crippen LogP contribution in [0.4, 0.5) is 0 Å². The van der Waals surface area contributed by atoms with Gasteiger partial charge in [-0.1, -0.05) is 0 Å². The lowest BCUT2D eigenvalue weighted by Gasteiger charge is -2.41. The van der Waals surface area contributed by atoms with Gasteiger partial charge in [0.1, 0.15) is 0 Å². The number of hydrogen-bond acceptors (Lipinski definition) is 4. The van der Waals surface area contributed by atoms with Crippen LogP contribution in [0, 0.1) is 11.3 Å². The molecule has 2 saturated heterocycles. The molecule has 0 aliphatic carbocycles. The summed E-state index contributed by atoms with van der Waals surface area (Å²) in [6, 6.07) is 1.95. The highest BCUT2D eigenvalue weighted by molar-refractivity contribution is 5.85. The van der Waals surface area contributed by atoms with Crippen LogP contribution in [0.2, 0.25) is 0 Å². The molecular formula is C16H28Cl2N4O2. The molecule has 1 amide bonds. The van der Waals surface area contributed by atoms with Crippen molar-refractivity contribution in [3.8, 4) is 0 Å². The molecule has 2 aliphatic heterocycles. The summed E-state index contributed by atoms with van der Waals surface area (Å²) in [4.78, 5) is 14.9. The molecule has 2 aliphatic rings. The Kier molecular flexibility index (Phi) is 8.50. The number of carbonyl (C=O) groups is 1. The number of amides is 1. The predicted molar refractivity (Wildman–Crippen MR) is 97.6 cm³/mol. The van der Waals surface area contributed by atoms with Gasteiger partial charge in [-0.05, 0) is 37.7 Å². The molecule has 2 N–H and O–H groups in total. The third-order valence-electron chi connectivity index (χ3n) is 5.20. The van der Waals surface area contributed by atoms with Crippen LogP contribution in [0.15, 0.2) is 18.5 Å². The molecule has 0 unspecified atom stereocenters. The molecule has 0 atom stereocenters. The van der Waals surface area contributed by atoms with E-state index < -0.39 is 0 Å². The fourth-order valence-corrected chi connectivity index (χ4v) is 3.59. The number of nitrogens with two attached hydrogens (primary N) is 1. The number of piperidine rings is 1. The van der Waals surface area contributed by atoms with E-state index in [1.165, 1.54) is 0 Å². The molecule has 1 aromatic heterocycles. The summed E-state index contributed by atoms with van der Waals surface area (Å²) >= 11 is 0. The van der Waals surface area contributed by atoms with Gasteiger partial charge in [0.2, 0.25) is 5.91 Å². The lowest BCUT2D eigenvalue weighted by atomic mass is 9.78. The van der Waals surface area contributed by atoms with Crippen LogP contribution in [0.25, 0.3) is 0 Å². The normalized spacial score (nSPS) is 20.8. The topological polar surface area (TPSA) is 73.4 Å². The highest BCUT2D eigenvalue weighted by Gasteiger charge is 2.42. The van der Waals surface area contributed by atoms with Crippen LogP contribution < -0.4 is 5.73 Å². The molecule has 3 rings (SSSR count). The van der Waals surface area contributed by atoms with E-state index in [0.29, 0.717) is 25.7 Å². The van der Waals surface area contributed by atoms with E-state index in [2.05, 4.69) is 5.10 Å². The molecule has 6 nitrogen and oxygen atoms in total. The first kappa shape index (κ1) is 21.2. The van der Waals surface area contributed by atoms with Crippen LogP contribution in [-0.4, -0.2) is 53.4 Å². The monoisotopic (exact) mass is 378 g/mol. The number of rotatable bonds is 4. The summed E-state index contributed by atoms with van der Waals surface area (Å²) in [7, 11) is 0. The predicted octanol–water partition coefficient (Wildman–Crippen LogP) is 1.72. The SMILES string of the molecule is Cl.Cl.NCC1(C(=O)N2CCC(Cn3cccn3)CC2)CCOCC1. The third kappa shape index (κ3) is 4.63. The summed E-state index contributed by atoms with van der Waals surface area (Å²) in [6.07, 6.45) is 7.42. The lowest BCUT2D eigenvalue weighted by molar-refractivity contribution is -0.148. The zero-order chi connectivity index (χ0) is 15.4. The highest BCUT2D eigenvalue weighted by atomic mass is 35.5. The van der Waals surface area contributed by atoms with Crippen molar-refractivity contribution < 1.29 is 9.53 Å². The average Bonchev–Trinajstić information content (AvgIpc) is 3.08. The Bertz CT molecular complexity index is 484. The van der Waals surface area contributed by atoms with E-state index in [-0.39, 0.29) is 36.1 Å². The largest absolute Gasteiger partial charge is 0.381 e. The fourth-order valence-electron chi connectivity index (χ4n) is 3.59. The third-order valence-corrected chi connectivity index (χ3v) is 5.20. The van der Waals surface area contributed by atoms with Crippen molar-refractivity contribution in [3.05, 3.63) is 18.5 Å². The second-order valence-electron chi connectivity index (χ2n) is 6.56. The van der Waals surface area contributed by atoms with Gasteiger partial charge < -0.3 is 15.4 Å². The van der Waals surface area contributed by atoms with E-state index in [9.17, 15) is 4.79 Å². The standard InChI is InChI=1S/C16H26N4O2.2ClH/c17-13-16(4-10-22-11-5-16)15(21)19-8-2-14(3-9-19)12-20-7-1-6-18-20;;/h1,6-7,14H,2-5,8-13,17H2;2*1H. The lowest BCUT2D eigenvalue weighted by Crippen LogP contribution is -2.52. The minimum Gasteiger partial charge on any atom is -0.381 e. The molecule has 1 aromatic rings. The van der Waals surface area contributed by atoms with Gasteiger partial charge in [-0.2, -0.15) is 5.10 Å². The maximum atomic E-state index is 12.9. The number of nitrogens with zero attached hydrogens (tertiary/aromatic N) is 3. The van der Waals surface area contributed by atoms with Crippen molar-refractivity contribution in [1.29, 1.82) is 0 Å². The average molecular weight is 379 g/mol. The van der Waals surface area contributed by atoms with Gasteiger partial charge in [-0.15, -0.1) is 24.8 Å². The van der Waals surface area contributed by atoms with Gasteiger partial charge >= 0.3 is 0 Å². The Hall–Kier alpha value is -0.820. The molecule has 8 heteroatoms. The molecule has 24 heavy (non-hydrogen) atoms. The van der Waals surface area contributed by atoms with Crippen molar-refractivity contribution in [2.75, 3.05) is 32.8 Å². The van der Waals surface area contributed by atoms with Crippen LogP contribution in [0.3, 0.4) is 0 Å². The molecule has 0 spiro atoms. The van der Waals surface area contributed by atoms with E-state index >= 15 is 0 Å². The molecule has 2 fully saturated rings. The van der Waals surface area contributed by atoms with Crippen molar-refractivity contribution >= 4 is 30.7 Å². The Morgan fingerprint density at radius 3 is 2.46 bits per heavy atom. The highest BCUT2D eigenvalue weighted by Crippen LogP contribution is 2.33. The number of halogens is 2. The van der Waals surface area contributed by atoms with Crippen LogP contribution in [0.1, 0.15) is 25.7 Å². The molecule has 0 saturated carbocycles. The zero-order valence-corrected chi connectivity index (χ0v) is 15.6. The first-order valence-corrected chi connectivity index (χ1v) is 8.28. The number of ether oxygens (including phenoxy) is 1. The van der Waals surface area contributed by atoms with Crippen LogP contribution >= 0.6 is 24.8 Å². The van der Waals surface area contributed by atoms with E-state index in [0.717, 1.165) is 45.3 Å². The molecule has 3 heterocycles. The summed E-state index contributed by atoms with van der Waals surface area (Å²) in [5.74, 6) is 0.850. The Balaban J connectivity index is 0.00000144. The summed E-state index contributed by atoms with van der Waals surface area (Å²) in [5, 5.41) is 4.27. The summed E-state index contributed by atoms with van der Waals surface area (Å²) < 4.78 is 7.39. The number of carbonyl (C=O) groups excluding carboxylic acids is 1. The second kappa shape index (κ2) is 9.61. The minimum absolute atomic E-state index is 0. The van der Waals surface area contributed by atoms with E-state index in [4.69, 9.17) is 10.5 Å². The Labute approximate surface area is 155 Å². The molecule has 0 aromatic carbocycles. The van der Waals surface area contributed by atoms with Gasteiger partial charge in [-0.25, -0.2) is 0 Å². The fraction of sp³-hybridized carbons (Fsp3) is 0.750. The molecule has 0 radical (unpaired) electrons. The maximum Gasteiger partial charge on any atom is 0.230 e. The number of likely N-dealkylation sites (tertiary alicyclic amines) is 1. The quantitative estimate of drug-likeness (QED) is 0.865. The van der Waals surface area contributed by atoms with Gasteiger partial charge in [0.25, 0.3) is 0 Å². The first-order chi connectivity index (χ1) is 10.7. The van der Waals surface area contributed by atoms with Gasteiger partial charge in [0.15, 0.2) is 0 Å². The van der Waals surface area contributed by atoms with Gasteiger partial charge in [0, 0.05) is 51.8 Å². The first-order valence-electron chi connectivity index (χ1n) is 8.28. The maximum absolute atomic E-state index is 12.9. The molecule has 0 bridgehead atoms. The minimum atomic E-state index is -0.382. The Morgan fingerprint density at radius 1 is 1.25 bits per heavy atom. The number of hydrogen-bond donors (Lipinski definition) is 1. The van der Waals surface area contributed by atoms with Gasteiger partial charge in [0.05, 0.1) is 5.41 Å². The molecular weight excluding hydrogens is 351 g/mol. The van der Waals surface area contributed by atoms with Gasteiger partial charge in [-0.3, -0.25) is 9.48 Å². The summed E-state index contributed by atoms with van der Waals surface area (Å²) in [6.45, 7) is 4.37. The van der Waals surface area contributed by atoms with E-state index in [1.807, 2.05) is 28.0 Å². The van der Waals surface area contributed by atoms with E-state index in [1.54, 1.807) is 0 Å². The van der Waals surface area contributed by atoms with Crippen molar-refractivity contribution in [2.24, 2.45) is 17.1 Å². The van der Waals surface area contributed by atoms with Crippen molar-refractivity contribution in [3.63, 3.8) is 0 Å². The number of aromatic nitrogens is 2. The second-order valence-corrected chi connectivity index (χ2v) is 6.56. The zero-order valence-electron chi connectivity index (χ0n) is 13.9. The van der Waals surface area contributed by atoms with Crippen LogP contribution in [0.5, 0.6) is 0 Å². The smallest absolute Gasteiger partial charge is 0.230 e.